The number of hydroxylamine groups is 1. The summed E-state index contributed by atoms with van der Waals surface area (Å²) in [4.78, 5) is 4.43. The summed E-state index contributed by atoms with van der Waals surface area (Å²) in [6, 6.07) is 23.9. The first-order chi connectivity index (χ1) is 12.3. The fraction of sp³-hybridized carbons (Fsp3) is 0. The Kier molecular flexibility index (Phi) is 3.76. The maximum atomic E-state index is 8.96. The Morgan fingerprint density at radius 2 is 1.72 bits per heavy atom. The molecule has 5 heteroatoms. The second-order valence-corrected chi connectivity index (χ2v) is 5.72. The van der Waals surface area contributed by atoms with Crippen molar-refractivity contribution in [2.75, 3.05) is 0 Å². The highest BCUT2D eigenvalue weighted by molar-refractivity contribution is 5.98. The van der Waals surface area contributed by atoms with Crippen LogP contribution in [0.4, 0.5) is 0 Å². The third-order valence-corrected chi connectivity index (χ3v) is 4.18. The highest BCUT2D eigenvalue weighted by Crippen LogP contribution is 2.25. The molecule has 0 unspecified atom stereocenters. The summed E-state index contributed by atoms with van der Waals surface area (Å²) in [6.07, 6.45) is 1.77. The topological polar surface area (TPSA) is 73.9 Å². The molecule has 0 aliphatic carbocycles. The first kappa shape index (κ1) is 15.1. The van der Waals surface area contributed by atoms with E-state index < -0.39 is 0 Å². The standard InChI is InChI=1S/C20H16N4O/c21-20(23-25)16-9-10-18-19(12-16)24(13-22-18)17-8-4-7-15(11-17)14-5-2-1-3-6-14/h1-13,25H,(H2,21,23). The molecule has 0 saturated carbocycles. The van der Waals surface area contributed by atoms with Crippen molar-refractivity contribution in [1.82, 2.24) is 15.0 Å². The fourth-order valence-electron chi connectivity index (χ4n) is 2.90. The van der Waals surface area contributed by atoms with Crippen molar-refractivity contribution in [2.45, 2.75) is 0 Å². The molecule has 0 spiro atoms. The van der Waals surface area contributed by atoms with Crippen LogP contribution in [0.25, 0.3) is 27.8 Å². The predicted octanol–water partition coefficient (Wildman–Crippen LogP) is 4.00. The molecule has 0 aliphatic rings. The Hall–Kier alpha value is -3.44. The van der Waals surface area contributed by atoms with Crippen molar-refractivity contribution in [3.05, 3.63) is 84.7 Å². The maximum Gasteiger partial charge on any atom is 0.149 e. The van der Waals surface area contributed by atoms with Gasteiger partial charge in [-0.2, -0.15) is 0 Å². The van der Waals surface area contributed by atoms with E-state index >= 15 is 0 Å². The fourth-order valence-corrected chi connectivity index (χ4v) is 2.90. The zero-order chi connectivity index (χ0) is 17.2. The highest BCUT2D eigenvalue weighted by Gasteiger charge is 2.09. The van der Waals surface area contributed by atoms with Gasteiger partial charge in [0.2, 0.25) is 0 Å². The van der Waals surface area contributed by atoms with Gasteiger partial charge in [0.05, 0.1) is 11.0 Å². The number of nitrogens with zero attached hydrogens (tertiary/aromatic N) is 2. The Morgan fingerprint density at radius 1 is 0.920 bits per heavy atom. The summed E-state index contributed by atoms with van der Waals surface area (Å²) in [6.45, 7) is 0. The number of rotatable bonds is 3. The first-order valence-electron chi connectivity index (χ1n) is 7.88. The molecule has 0 radical (unpaired) electrons. The Morgan fingerprint density at radius 3 is 2.52 bits per heavy atom. The average Bonchev–Trinajstić information content (AvgIpc) is 3.11. The molecule has 5 nitrogen and oxygen atoms in total. The van der Waals surface area contributed by atoms with Crippen LogP contribution in [0.15, 0.2) is 79.1 Å². The van der Waals surface area contributed by atoms with Crippen LogP contribution in [0.3, 0.4) is 0 Å². The van der Waals surface area contributed by atoms with Crippen LogP contribution in [-0.4, -0.2) is 20.6 Å². The number of benzene rings is 3. The molecule has 4 rings (SSSR count). The summed E-state index contributed by atoms with van der Waals surface area (Å²) in [5.74, 6) is -0.0484. The summed E-state index contributed by atoms with van der Waals surface area (Å²) in [5.41, 5.74) is 7.46. The smallest absolute Gasteiger partial charge is 0.149 e. The Bertz CT molecular complexity index is 1050. The van der Waals surface area contributed by atoms with E-state index in [4.69, 9.17) is 10.6 Å². The predicted molar refractivity (Wildman–Crippen MR) is 98.3 cm³/mol. The third-order valence-electron chi connectivity index (χ3n) is 4.18. The minimum Gasteiger partial charge on any atom is -0.299 e. The molecule has 25 heavy (non-hydrogen) atoms. The summed E-state index contributed by atoms with van der Waals surface area (Å²) in [5, 5.41) is 16.7. The molecular weight excluding hydrogens is 312 g/mol. The van der Waals surface area contributed by atoms with E-state index in [-0.39, 0.29) is 5.84 Å². The van der Waals surface area contributed by atoms with Crippen LogP contribution in [0, 0.1) is 5.41 Å². The van der Waals surface area contributed by atoms with E-state index in [9.17, 15) is 0 Å². The van der Waals surface area contributed by atoms with Crippen LogP contribution >= 0.6 is 0 Å². The number of amidine groups is 1. The van der Waals surface area contributed by atoms with Crippen molar-refractivity contribution in [3.8, 4) is 16.8 Å². The maximum absolute atomic E-state index is 8.96. The zero-order valence-electron chi connectivity index (χ0n) is 13.3. The first-order valence-corrected chi connectivity index (χ1v) is 7.88. The van der Waals surface area contributed by atoms with Crippen LogP contribution in [0.1, 0.15) is 5.56 Å². The lowest BCUT2D eigenvalue weighted by Crippen LogP contribution is -2.18. The Labute approximate surface area is 144 Å². The van der Waals surface area contributed by atoms with E-state index in [1.54, 1.807) is 12.4 Å². The molecule has 1 heterocycles. The van der Waals surface area contributed by atoms with Crippen LogP contribution in [0.2, 0.25) is 0 Å². The lowest BCUT2D eigenvalue weighted by molar-refractivity contribution is 0.234. The molecule has 0 atom stereocenters. The number of fused-ring (bicyclic) bond motifs is 1. The average molecular weight is 328 g/mol. The SMILES string of the molecule is N=C(NO)c1ccc2ncn(-c3cccc(-c4ccccc4)c3)c2c1. The normalized spacial score (nSPS) is 10.8. The van der Waals surface area contributed by atoms with Crippen LogP contribution in [-0.2, 0) is 0 Å². The van der Waals surface area contributed by atoms with Gasteiger partial charge < -0.3 is 0 Å². The van der Waals surface area contributed by atoms with Crippen molar-refractivity contribution in [3.63, 3.8) is 0 Å². The zero-order valence-corrected chi connectivity index (χ0v) is 13.3. The minimum absolute atomic E-state index is 0.0484. The molecule has 3 N–H and O–H groups in total. The van der Waals surface area contributed by atoms with Gasteiger partial charge in [0.1, 0.15) is 12.2 Å². The van der Waals surface area contributed by atoms with Gasteiger partial charge in [-0.1, -0.05) is 42.5 Å². The molecule has 0 bridgehead atoms. The molecule has 122 valence electrons. The van der Waals surface area contributed by atoms with Gasteiger partial charge in [-0.15, -0.1) is 0 Å². The van der Waals surface area contributed by atoms with Crippen molar-refractivity contribution < 1.29 is 5.21 Å². The summed E-state index contributed by atoms with van der Waals surface area (Å²) < 4.78 is 1.98. The number of aromatic nitrogens is 2. The van der Waals surface area contributed by atoms with Gasteiger partial charge in [0.15, 0.2) is 0 Å². The van der Waals surface area contributed by atoms with Gasteiger partial charge in [-0.25, -0.2) is 4.98 Å². The van der Waals surface area contributed by atoms with Crippen molar-refractivity contribution in [1.29, 1.82) is 5.41 Å². The quantitative estimate of drug-likeness (QED) is 0.302. The molecule has 0 saturated heterocycles. The summed E-state index contributed by atoms with van der Waals surface area (Å²) in [7, 11) is 0. The number of imidazole rings is 1. The van der Waals surface area contributed by atoms with Crippen molar-refractivity contribution in [2.24, 2.45) is 0 Å². The summed E-state index contributed by atoms with van der Waals surface area (Å²) >= 11 is 0. The van der Waals surface area contributed by atoms with E-state index in [2.05, 4.69) is 29.2 Å². The van der Waals surface area contributed by atoms with E-state index in [1.165, 1.54) is 0 Å². The minimum atomic E-state index is -0.0484. The molecular formula is C20H16N4O. The van der Waals surface area contributed by atoms with E-state index in [0.29, 0.717) is 5.56 Å². The second-order valence-electron chi connectivity index (χ2n) is 5.72. The highest BCUT2D eigenvalue weighted by atomic mass is 16.5. The third kappa shape index (κ3) is 2.77. The molecule has 0 amide bonds. The van der Waals surface area contributed by atoms with Gasteiger partial charge in [0, 0.05) is 11.3 Å². The van der Waals surface area contributed by atoms with Crippen LogP contribution < -0.4 is 5.48 Å². The molecule has 3 aromatic carbocycles. The second kappa shape index (κ2) is 6.22. The van der Waals surface area contributed by atoms with Crippen LogP contribution in [0.5, 0.6) is 0 Å². The molecule has 4 aromatic rings. The van der Waals surface area contributed by atoms with Gasteiger partial charge >= 0.3 is 0 Å². The lowest BCUT2D eigenvalue weighted by Gasteiger charge is -2.09. The molecule has 1 aromatic heterocycles. The number of hydrogen-bond donors (Lipinski definition) is 3. The van der Waals surface area contributed by atoms with Gasteiger partial charge in [0.25, 0.3) is 0 Å². The lowest BCUT2D eigenvalue weighted by atomic mass is 10.1. The monoisotopic (exact) mass is 328 g/mol. The Balaban J connectivity index is 1.83. The van der Waals surface area contributed by atoms with E-state index in [1.807, 2.05) is 52.5 Å². The number of hydrogen-bond acceptors (Lipinski definition) is 3. The molecule has 0 aliphatic heterocycles. The van der Waals surface area contributed by atoms with E-state index in [0.717, 1.165) is 27.8 Å². The number of nitrogens with one attached hydrogen (secondary N) is 2. The van der Waals surface area contributed by atoms with Gasteiger partial charge in [-0.05, 0) is 41.5 Å². The largest absolute Gasteiger partial charge is 0.299 e. The van der Waals surface area contributed by atoms with Crippen molar-refractivity contribution >= 4 is 16.9 Å². The molecule has 0 fully saturated rings. The van der Waals surface area contributed by atoms with Gasteiger partial charge in [-0.3, -0.25) is 20.7 Å².